The average molecular weight is 354 g/mol. The number of rotatable bonds is 4. The van der Waals surface area contributed by atoms with Crippen molar-refractivity contribution in [3.8, 4) is 0 Å². The van der Waals surface area contributed by atoms with E-state index >= 15 is 0 Å². The number of halogens is 1. The monoisotopic (exact) mass is 353 g/mol. The molecule has 21 heavy (non-hydrogen) atoms. The summed E-state index contributed by atoms with van der Waals surface area (Å²) in [7, 11) is 2.21. The molecule has 4 heteroatoms. The van der Waals surface area contributed by atoms with Crippen molar-refractivity contribution in [2.45, 2.75) is 45.2 Å². The van der Waals surface area contributed by atoms with Crippen LogP contribution in [0.4, 0.5) is 5.69 Å². The molecule has 1 heterocycles. The average Bonchev–Trinajstić information content (AvgIpc) is 2.60. The van der Waals surface area contributed by atoms with Crippen LogP contribution in [-0.4, -0.2) is 43.7 Å². The molecule has 1 fully saturated rings. The summed E-state index contributed by atoms with van der Waals surface area (Å²) in [5, 5.41) is 0. The number of likely N-dealkylation sites (N-methyl/N-ethyl adjacent to an activating group) is 1. The molecule has 0 aromatic heterocycles. The Bertz CT molecular complexity index is 463. The SMILES string of the molecule is CCC(N)Cc1ccc(N2CCCN(C)CC2C)c(Br)c1. The molecule has 1 aromatic rings. The molecule has 0 amide bonds. The van der Waals surface area contributed by atoms with Crippen molar-refractivity contribution >= 4 is 21.6 Å². The summed E-state index contributed by atoms with van der Waals surface area (Å²) in [5.41, 5.74) is 8.69. The lowest BCUT2D eigenvalue weighted by molar-refractivity contribution is 0.337. The van der Waals surface area contributed by atoms with Crippen LogP contribution in [0.3, 0.4) is 0 Å². The zero-order chi connectivity index (χ0) is 15.4. The standard InChI is InChI=1S/C17H28BrN3/c1-4-15(19)10-14-6-7-17(16(18)11-14)21-9-5-8-20(3)12-13(21)2/h6-7,11,13,15H,4-5,8-10,12,19H2,1-3H3. The molecule has 0 aliphatic carbocycles. The van der Waals surface area contributed by atoms with E-state index in [1.807, 2.05) is 0 Å². The number of benzene rings is 1. The summed E-state index contributed by atoms with van der Waals surface area (Å²) in [5.74, 6) is 0. The van der Waals surface area contributed by atoms with Gasteiger partial charge in [-0.1, -0.05) is 13.0 Å². The van der Waals surface area contributed by atoms with E-state index in [0.717, 1.165) is 25.9 Å². The third kappa shape index (κ3) is 4.44. The molecule has 0 bridgehead atoms. The predicted octanol–water partition coefficient (Wildman–Crippen LogP) is 3.26. The van der Waals surface area contributed by atoms with Gasteiger partial charge in [-0.3, -0.25) is 0 Å². The number of hydrogen-bond acceptors (Lipinski definition) is 3. The van der Waals surface area contributed by atoms with Crippen LogP contribution in [0.2, 0.25) is 0 Å². The van der Waals surface area contributed by atoms with Gasteiger partial charge >= 0.3 is 0 Å². The first-order chi connectivity index (χ1) is 10.0. The predicted molar refractivity (Wildman–Crippen MR) is 95.0 cm³/mol. The molecule has 1 aliphatic rings. The molecule has 2 N–H and O–H groups in total. The summed E-state index contributed by atoms with van der Waals surface area (Å²) in [6.45, 7) is 7.88. The van der Waals surface area contributed by atoms with Gasteiger partial charge in [0.25, 0.3) is 0 Å². The van der Waals surface area contributed by atoms with Gasteiger partial charge in [0.05, 0.1) is 5.69 Å². The summed E-state index contributed by atoms with van der Waals surface area (Å²) in [6, 6.07) is 7.53. The van der Waals surface area contributed by atoms with E-state index in [9.17, 15) is 0 Å². The van der Waals surface area contributed by atoms with E-state index in [-0.39, 0.29) is 6.04 Å². The largest absolute Gasteiger partial charge is 0.367 e. The maximum absolute atomic E-state index is 6.06. The number of anilines is 1. The van der Waals surface area contributed by atoms with Crippen molar-refractivity contribution in [1.82, 2.24) is 4.90 Å². The molecule has 2 atom stereocenters. The van der Waals surface area contributed by atoms with Gasteiger partial charge < -0.3 is 15.5 Å². The molecule has 2 rings (SSSR count). The lowest BCUT2D eigenvalue weighted by Gasteiger charge is -2.31. The summed E-state index contributed by atoms with van der Waals surface area (Å²) >= 11 is 3.77. The van der Waals surface area contributed by atoms with Crippen LogP contribution in [0.1, 0.15) is 32.3 Å². The maximum Gasteiger partial charge on any atom is 0.0513 e. The van der Waals surface area contributed by atoms with E-state index < -0.39 is 0 Å². The van der Waals surface area contributed by atoms with Crippen molar-refractivity contribution in [2.75, 3.05) is 31.6 Å². The highest BCUT2D eigenvalue weighted by Crippen LogP contribution is 2.30. The second kappa shape index (κ2) is 7.61. The van der Waals surface area contributed by atoms with Crippen LogP contribution < -0.4 is 10.6 Å². The Morgan fingerprint density at radius 1 is 1.38 bits per heavy atom. The molecule has 1 aliphatic heterocycles. The van der Waals surface area contributed by atoms with E-state index in [2.05, 4.69) is 64.8 Å². The molecule has 0 radical (unpaired) electrons. The fraction of sp³-hybridized carbons (Fsp3) is 0.647. The van der Waals surface area contributed by atoms with Crippen molar-refractivity contribution < 1.29 is 0 Å². The zero-order valence-electron chi connectivity index (χ0n) is 13.5. The van der Waals surface area contributed by atoms with Gasteiger partial charge in [0.1, 0.15) is 0 Å². The van der Waals surface area contributed by atoms with Crippen molar-refractivity contribution in [1.29, 1.82) is 0 Å². The van der Waals surface area contributed by atoms with Gasteiger partial charge in [-0.05, 0) is 73.4 Å². The van der Waals surface area contributed by atoms with Crippen LogP contribution >= 0.6 is 15.9 Å². The van der Waals surface area contributed by atoms with Gasteiger partial charge in [-0.15, -0.1) is 0 Å². The minimum atomic E-state index is 0.258. The lowest BCUT2D eigenvalue weighted by Crippen LogP contribution is -2.38. The lowest BCUT2D eigenvalue weighted by atomic mass is 10.0. The normalized spacial score (nSPS) is 22.1. The second-order valence-corrected chi connectivity index (χ2v) is 7.17. The highest BCUT2D eigenvalue weighted by Gasteiger charge is 2.21. The third-order valence-electron chi connectivity index (χ3n) is 4.39. The second-order valence-electron chi connectivity index (χ2n) is 6.32. The number of hydrogen-bond donors (Lipinski definition) is 1. The van der Waals surface area contributed by atoms with Gasteiger partial charge in [-0.2, -0.15) is 0 Å². The first-order valence-electron chi connectivity index (χ1n) is 8.00. The fourth-order valence-corrected chi connectivity index (χ4v) is 3.74. The quantitative estimate of drug-likeness (QED) is 0.901. The smallest absolute Gasteiger partial charge is 0.0513 e. The van der Waals surface area contributed by atoms with Crippen LogP contribution in [0.25, 0.3) is 0 Å². The molecule has 1 aromatic carbocycles. The number of nitrogens with zero attached hydrogens (tertiary/aromatic N) is 2. The van der Waals surface area contributed by atoms with Crippen LogP contribution in [0, 0.1) is 0 Å². The Balaban J connectivity index is 2.16. The summed E-state index contributed by atoms with van der Waals surface area (Å²) in [4.78, 5) is 4.95. The Kier molecular flexibility index (Phi) is 6.08. The van der Waals surface area contributed by atoms with E-state index in [0.29, 0.717) is 6.04 Å². The van der Waals surface area contributed by atoms with E-state index in [1.165, 1.54) is 28.7 Å². The minimum Gasteiger partial charge on any atom is -0.367 e. The molecule has 0 spiro atoms. The highest BCUT2D eigenvalue weighted by atomic mass is 79.9. The highest BCUT2D eigenvalue weighted by molar-refractivity contribution is 9.10. The van der Waals surface area contributed by atoms with Crippen molar-refractivity contribution in [2.24, 2.45) is 5.73 Å². The van der Waals surface area contributed by atoms with E-state index in [4.69, 9.17) is 5.73 Å². The van der Waals surface area contributed by atoms with Gasteiger partial charge in [-0.25, -0.2) is 0 Å². The number of nitrogens with two attached hydrogens (primary N) is 1. The maximum atomic E-state index is 6.06. The Hall–Kier alpha value is -0.580. The summed E-state index contributed by atoms with van der Waals surface area (Å²) in [6.07, 6.45) is 3.19. The van der Waals surface area contributed by atoms with Gasteiger partial charge in [0, 0.05) is 29.6 Å². The fourth-order valence-electron chi connectivity index (χ4n) is 3.09. The molecule has 3 nitrogen and oxygen atoms in total. The van der Waals surface area contributed by atoms with Crippen molar-refractivity contribution in [3.05, 3.63) is 28.2 Å². The van der Waals surface area contributed by atoms with Gasteiger partial charge in [0.2, 0.25) is 0 Å². The molecule has 118 valence electrons. The van der Waals surface area contributed by atoms with Crippen LogP contribution in [0.15, 0.2) is 22.7 Å². The summed E-state index contributed by atoms with van der Waals surface area (Å²) < 4.78 is 1.19. The Morgan fingerprint density at radius 2 is 2.14 bits per heavy atom. The third-order valence-corrected chi connectivity index (χ3v) is 5.03. The Morgan fingerprint density at radius 3 is 2.81 bits per heavy atom. The van der Waals surface area contributed by atoms with Crippen molar-refractivity contribution in [3.63, 3.8) is 0 Å². The van der Waals surface area contributed by atoms with Gasteiger partial charge in [0.15, 0.2) is 0 Å². The first kappa shape index (κ1) is 16.8. The molecular formula is C17H28BrN3. The molecule has 0 saturated carbocycles. The van der Waals surface area contributed by atoms with Crippen LogP contribution in [-0.2, 0) is 6.42 Å². The van der Waals surface area contributed by atoms with E-state index in [1.54, 1.807) is 0 Å². The first-order valence-corrected chi connectivity index (χ1v) is 8.79. The Labute approximate surface area is 137 Å². The topological polar surface area (TPSA) is 32.5 Å². The molecule has 1 saturated heterocycles. The molecule has 2 unspecified atom stereocenters. The zero-order valence-corrected chi connectivity index (χ0v) is 15.1. The minimum absolute atomic E-state index is 0.258. The van der Waals surface area contributed by atoms with Crippen LogP contribution in [0.5, 0.6) is 0 Å². The molecular weight excluding hydrogens is 326 g/mol.